The third-order valence-corrected chi connectivity index (χ3v) is 3.36. The van der Waals surface area contributed by atoms with E-state index in [-0.39, 0.29) is 5.82 Å². The Bertz CT molecular complexity index is 376. The predicted octanol–water partition coefficient (Wildman–Crippen LogP) is 2.35. The fraction of sp³-hybridized carbons (Fsp3) is 0.571. The molecule has 1 aromatic carbocycles. The van der Waals surface area contributed by atoms with Crippen molar-refractivity contribution in [3.63, 3.8) is 0 Å². The van der Waals surface area contributed by atoms with Crippen LogP contribution in [0.4, 0.5) is 4.39 Å². The van der Waals surface area contributed by atoms with E-state index in [1.807, 2.05) is 6.07 Å². The second-order valence-electron chi connectivity index (χ2n) is 5.05. The second-order valence-corrected chi connectivity index (χ2v) is 5.05. The van der Waals surface area contributed by atoms with Crippen molar-refractivity contribution >= 4 is 0 Å². The van der Waals surface area contributed by atoms with E-state index >= 15 is 0 Å². The van der Waals surface area contributed by atoms with Crippen LogP contribution in [-0.4, -0.2) is 32.1 Å². The van der Waals surface area contributed by atoms with Crippen LogP contribution in [0, 0.1) is 5.82 Å². The van der Waals surface area contributed by atoms with Crippen LogP contribution >= 0.6 is 0 Å². The first-order valence-corrected chi connectivity index (χ1v) is 6.33. The molecule has 3 heteroatoms. The summed E-state index contributed by atoms with van der Waals surface area (Å²) < 4.78 is 13.1. The molecule has 0 heterocycles. The van der Waals surface area contributed by atoms with Gasteiger partial charge in [-0.1, -0.05) is 6.07 Å². The SMILES string of the molecule is CN(C)CCCNC1CCc2cc(F)ccc21. The van der Waals surface area contributed by atoms with Gasteiger partial charge in [0.05, 0.1) is 0 Å². The van der Waals surface area contributed by atoms with Gasteiger partial charge in [0.25, 0.3) is 0 Å². The molecule has 0 amide bonds. The first-order chi connectivity index (χ1) is 8.16. The van der Waals surface area contributed by atoms with Crippen molar-refractivity contribution < 1.29 is 4.39 Å². The molecule has 1 N–H and O–H groups in total. The van der Waals surface area contributed by atoms with Gasteiger partial charge in [0, 0.05) is 6.04 Å². The van der Waals surface area contributed by atoms with E-state index in [4.69, 9.17) is 0 Å². The number of nitrogens with zero attached hydrogens (tertiary/aromatic N) is 1. The lowest BCUT2D eigenvalue weighted by atomic mass is 10.1. The Balaban J connectivity index is 1.85. The van der Waals surface area contributed by atoms with Gasteiger partial charge in [-0.05, 0) is 69.7 Å². The number of benzene rings is 1. The molecule has 1 aliphatic rings. The lowest BCUT2D eigenvalue weighted by Gasteiger charge is -2.15. The highest BCUT2D eigenvalue weighted by Gasteiger charge is 2.21. The van der Waals surface area contributed by atoms with Crippen molar-refractivity contribution in [2.24, 2.45) is 0 Å². The largest absolute Gasteiger partial charge is 0.310 e. The van der Waals surface area contributed by atoms with Crippen LogP contribution in [0.5, 0.6) is 0 Å². The van der Waals surface area contributed by atoms with Crippen LogP contribution in [0.1, 0.15) is 30.0 Å². The summed E-state index contributed by atoms with van der Waals surface area (Å²) in [5.41, 5.74) is 2.46. The van der Waals surface area contributed by atoms with Crippen LogP contribution in [-0.2, 0) is 6.42 Å². The van der Waals surface area contributed by atoms with Crippen molar-refractivity contribution in [2.45, 2.75) is 25.3 Å². The average molecular weight is 236 g/mol. The third-order valence-electron chi connectivity index (χ3n) is 3.36. The molecule has 1 aromatic rings. The fourth-order valence-corrected chi connectivity index (χ4v) is 2.47. The van der Waals surface area contributed by atoms with Gasteiger partial charge in [-0.15, -0.1) is 0 Å². The van der Waals surface area contributed by atoms with Crippen LogP contribution in [0.15, 0.2) is 18.2 Å². The zero-order valence-corrected chi connectivity index (χ0v) is 10.7. The highest BCUT2D eigenvalue weighted by Crippen LogP contribution is 2.31. The predicted molar refractivity (Wildman–Crippen MR) is 68.6 cm³/mol. The van der Waals surface area contributed by atoms with Gasteiger partial charge in [0.2, 0.25) is 0 Å². The third kappa shape index (κ3) is 3.27. The molecular formula is C14H21FN2. The summed E-state index contributed by atoms with van der Waals surface area (Å²) in [7, 11) is 4.18. The molecular weight excluding hydrogens is 215 g/mol. The molecule has 0 fully saturated rings. The van der Waals surface area contributed by atoms with Gasteiger partial charge in [-0.2, -0.15) is 0 Å². The zero-order valence-electron chi connectivity index (χ0n) is 10.7. The maximum Gasteiger partial charge on any atom is 0.123 e. The molecule has 0 radical (unpaired) electrons. The number of rotatable bonds is 5. The lowest BCUT2D eigenvalue weighted by Crippen LogP contribution is -2.24. The van der Waals surface area contributed by atoms with Crippen molar-refractivity contribution in [3.05, 3.63) is 35.1 Å². The molecule has 94 valence electrons. The highest BCUT2D eigenvalue weighted by atomic mass is 19.1. The minimum absolute atomic E-state index is 0.114. The Morgan fingerprint density at radius 2 is 2.24 bits per heavy atom. The second kappa shape index (κ2) is 5.61. The molecule has 17 heavy (non-hydrogen) atoms. The first-order valence-electron chi connectivity index (χ1n) is 6.33. The molecule has 1 unspecified atom stereocenters. The van der Waals surface area contributed by atoms with E-state index in [0.29, 0.717) is 6.04 Å². The fourth-order valence-electron chi connectivity index (χ4n) is 2.47. The van der Waals surface area contributed by atoms with Gasteiger partial charge in [0.1, 0.15) is 5.82 Å². The van der Waals surface area contributed by atoms with E-state index in [1.54, 1.807) is 12.1 Å². The van der Waals surface area contributed by atoms with E-state index in [0.717, 1.165) is 32.4 Å². The Kier molecular flexibility index (Phi) is 4.13. The number of nitrogens with one attached hydrogen (secondary N) is 1. The van der Waals surface area contributed by atoms with Crippen molar-refractivity contribution in [1.29, 1.82) is 0 Å². The molecule has 0 spiro atoms. The summed E-state index contributed by atoms with van der Waals surface area (Å²) in [6.45, 7) is 2.13. The number of aryl methyl sites for hydroxylation is 1. The molecule has 2 nitrogen and oxygen atoms in total. The maximum atomic E-state index is 13.1. The van der Waals surface area contributed by atoms with Gasteiger partial charge < -0.3 is 10.2 Å². The van der Waals surface area contributed by atoms with E-state index in [9.17, 15) is 4.39 Å². The minimum atomic E-state index is -0.114. The van der Waals surface area contributed by atoms with E-state index < -0.39 is 0 Å². The molecule has 1 aliphatic carbocycles. The van der Waals surface area contributed by atoms with Crippen LogP contribution in [0.3, 0.4) is 0 Å². The Labute approximate surface area is 103 Å². The molecule has 0 saturated carbocycles. The standard InChI is InChI=1S/C14H21FN2/c1-17(2)9-3-8-16-14-7-4-11-10-12(15)5-6-13(11)14/h5-6,10,14,16H,3-4,7-9H2,1-2H3. The van der Waals surface area contributed by atoms with Crippen LogP contribution in [0.25, 0.3) is 0 Å². The van der Waals surface area contributed by atoms with E-state index in [1.165, 1.54) is 11.1 Å². The summed E-state index contributed by atoms with van der Waals surface area (Å²) in [5, 5.41) is 3.56. The smallest absolute Gasteiger partial charge is 0.123 e. The summed E-state index contributed by atoms with van der Waals surface area (Å²) in [4.78, 5) is 2.19. The summed E-state index contributed by atoms with van der Waals surface area (Å²) in [5.74, 6) is -0.114. The lowest BCUT2D eigenvalue weighted by molar-refractivity contribution is 0.386. The van der Waals surface area contributed by atoms with Gasteiger partial charge >= 0.3 is 0 Å². The van der Waals surface area contributed by atoms with Gasteiger partial charge in [-0.25, -0.2) is 4.39 Å². The first kappa shape index (κ1) is 12.5. The van der Waals surface area contributed by atoms with Crippen molar-refractivity contribution in [1.82, 2.24) is 10.2 Å². The van der Waals surface area contributed by atoms with E-state index in [2.05, 4.69) is 24.3 Å². The summed E-state index contributed by atoms with van der Waals surface area (Å²) in [6, 6.07) is 5.60. The number of hydrogen-bond donors (Lipinski definition) is 1. The Morgan fingerprint density at radius 3 is 3.00 bits per heavy atom. The zero-order chi connectivity index (χ0) is 12.3. The molecule has 0 bridgehead atoms. The molecule has 0 aliphatic heterocycles. The van der Waals surface area contributed by atoms with Crippen LogP contribution in [0.2, 0.25) is 0 Å². The van der Waals surface area contributed by atoms with Crippen molar-refractivity contribution in [2.75, 3.05) is 27.2 Å². The molecule has 2 rings (SSSR count). The normalized spacial score (nSPS) is 18.7. The summed E-state index contributed by atoms with van der Waals surface area (Å²) in [6.07, 6.45) is 3.25. The van der Waals surface area contributed by atoms with Crippen LogP contribution < -0.4 is 5.32 Å². The Morgan fingerprint density at radius 1 is 1.41 bits per heavy atom. The number of fused-ring (bicyclic) bond motifs is 1. The van der Waals surface area contributed by atoms with Gasteiger partial charge in [-0.3, -0.25) is 0 Å². The Hall–Kier alpha value is -0.930. The number of hydrogen-bond acceptors (Lipinski definition) is 2. The average Bonchev–Trinajstić information content (AvgIpc) is 2.66. The number of halogens is 1. The molecule has 1 atom stereocenters. The molecule has 0 saturated heterocycles. The van der Waals surface area contributed by atoms with Gasteiger partial charge in [0.15, 0.2) is 0 Å². The molecule has 0 aromatic heterocycles. The van der Waals surface area contributed by atoms with Crippen molar-refractivity contribution in [3.8, 4) is 0 Å². The topological polar surface area (TPSA) is 15.3 Å². The maximum absolute atomic E-state index is 13.1. The monoisotopic (exact) mass is 236 g/mol. The highest BCUT2D eigenvalue weighted by molar-refractivity contribution is 5.34. The minimum Gasteiger partial charge on any atom is -0.310 e. The quantitative estimate of drug-likeness (QED) is 0.790. The summed E-state index contributed by atoms with van der Waals surface area (Å²) >= 11 is 0.